The predicted octanol–water partition coefficient (Wildman–Crippen LogP) is 2.32. The fraction of sp³-hybridized carbons (Fsp3) is 0.524. The minimum absolute atomic E-state index is 0.0864. The van der Waals surface area contributed by atoms with Crippen LogP contribution in [0.25, 0.3) is 0 Å². The van der Waals surface area contributed by atoms with Crippen molar-refractivity contribution in [2.75, 3.05) is 20.3 Å². The van der Waals surface area contributed by atoms with Crippen molar-refractivity contribution >= 4 is 6.03 Å². The van der Waals surface area contributed by atoms with Gasteiger partial charge >= 0.3 is 6.03 Å². The Hall–Kier alpha value is -2.54. The third-order valence-corrected chi connectivity index (χ3v) is 6.24. The molecular formula is C21H28N4O3. The number of urea groups is 1. The van der Waals surface area contributed by atoms with E-state index in [4.69, 9.17) is 4.74 Å². The molecule has 1 saturated carbocycles. The molecule has 7 heteroatoms. The van der Waals surface area contributed by atoms with Gasteiger partial charge in [-0.25, -0.2) is 9.78 Å². The summed E-state index contributed by atoms with van der Waals surface area (Å²) < 4.78 is 7.18. The molecule has 0 radical (unpaired) electrons. The quantitative estimate of drug-likeness (QED) is 0.829. The maximum Gasteiger partial charge on any atom is 0.318 e. The first-order valence-electron chi connectivity index (χ1n) is 9.90. The summed E-state index contributed by atoms with van der Waals surface area (Å²) in [7, 11) is 3.56. The topological polar surface area (TPSA) is 79.6 Å². The van der Waals surface area contributed by atoms with E-state index >= 15 is 0 Å². The number of methoxy groups -OCH3 is 1. The summed E-state index contributed by atoms with van der Waals surface area (Å²) in [5, 5.41) is 12.9. The highest BCUT2D eigenvalue weighted by Crippen LogP contribution is 2.39. The first-order valence-corrected chi connectivity index (χ1v) is 9.90. The zero-order chi connectivity index (χ0) is 19.7. The lowest BCUT2D eigenvalue weighted by molar-refractivity contribution is 0.00347. The van der Waals surface area contributed by atoms with E-state index in [1.165, 1.54) is 0 Å². The number of benzene rings is 1. The average molecular weight is 384 g/mol. The van der Waals surface area contributed by atoms with Crippen molar-refractivity contribution in [1.29, 1.82) is 0 Å². The number of fused-ring (bicyclic) bond motifs is 3. The summed E-state index contributed by atoms with van der Waals surface area (Å²) in [6.07, 6.45) is 6.75. The van der Waals surface area contributed by atoms with E-state index in [2.05, 4.69) is 10.3 Å². The number of carbonyl (C=O) groups is 1. The molecule has 5 rings (SSSR count). The molecule has 1 aromatic heterocycles. The van der Waals surface area contributed by atoms with Gasteiger partial charge in [-0.15, -0.1) is 0 Å². The van der Waals surface area contributed by atoms with Crippen molar-refractivity contribution in [1.82, 2.24) is 19.8 Å². The maximum atomic E-state index is 13.2. The summed E-state index contributed by atoms with van der Waals surface area (Å²) in [5.74, 6) is 2.22. The number of hydrogen-bond acceptors (Lipinski definition) is 4. The number of nitrogens with one attached hydrogen (secondary N) is 1. The SMILES string of the molecule is COc1ccc(C(NC(=O)N2CC3CCC2C(CO)C3)c2nccn2C)cc1. The van der Waals surface area contributed by atoms with Crippen LogP contribution in [-0.2, 0) is 7.05 Å². The van der Waals surface area contributed by atoms with Gasteiger partial charge < -0.3 is 24.6 Å². The second kappa shape index (κ2) is 7.83. The number of aliphatic hydroxyl groups is 1. The number of aromatic nitrogens is 2. The number of nitrogens with zero attached hydrogens (tertiary/aromatic N) is 3. The third-order valence-electron chi connectivity index (χ3n) is 6.24. The molecule has 2 aliphatic heterocycles. The molecule has 7 nitrogen and oxygen atoms in total. The molecule has 28 heavy (non-hydrogen) atoms. The van der Waals surface area contributed by atoms with E-state index < -0.39 is 0 Å². The number of rotatable bonds is 5. The van der Waals surface area contributed by atoms with Gasteiger partial charge in [0.1, 0.15) is 17.6 Å². The van der Waals surface area contributed by atoms with Crippen molar-refractivity contribution < 1.29 is 14.6 Å². The molecule has 150 valence electrons. The second-order valence-corrected chi connectivity index (χ2v) is 7.89. The van der Waals surface area contributed by atoms with E-state index in [0.29, 0.717) is 5.92 Å². The average Bonchev–Trinajstić information content (AvgIpc) is 3.17. The zero-order valence-corrected chi connectivity index (χ0v) is 16.4. The summed E-state index contributed by atoms with van der Waals surface area (Å²) in [5.41, 5.74) is 0.948. The lowest BCUT2D eigenvalue weighted by Gasteiger charge is -2.49. The Balaban J connectivity index is 1.59. The molecule has 2 bridgehead atoms. The zero-order valence-electron chi connectivity index (χ0n) is 16.4. The first kappa shape index (κ1) is 18.8. The second-order valence-electron chi connectivity index (χ2n) is 7.89. The van der Waals surface area contributed by atoms with Gasteiger partial charge in [0.2, 0.25) is 0 Å². The van der Waals surface area contributed by atoms with Gasteiger partial charge in [-0.1, -0.05) is 12.1 Å². The van der Waals surface area contributed by atoms with E-state index in [9.17, 15) is 9.90 Å². The number of imidazole rings is 1. The van der Waals surface area contributed by atoms with Crippen molar-refractivity contribution in [3.8, 4) is 5.75 Å². The predicted molar refractivity (Wildman–Crippen MR) is 105 cm³/mol. The van der Waals surface area contributed by atoms with Gasteiger partial charge in [0.05, 0.1) is 7.11 Å². The number of carbonyl (C=O) groups excluding carboxylic acids is 1. The molecule has 3 heterocycles. The molecule has 4 atom stereocenters. The van der Waals surface area contributed by atoms with Crippen LogP contribution in [0.3, 0.4) is 0 Å². The Morgan fingerprint density at radius 3 is 2.75 bits per heavy atom. The van der Waals surface area contributed by atoms with Crippen LogP contribution in [0.2, 0.25) is 0 Å². The highest BCUT2D eigenvalue weighted by molar-refractivity contribution is 5.76. The van der Waals surface area contributed by atoms with E-state index in [0.717, 1.165) is 42.9 Å². The van der Waals surface area contributed by atoms with Gasteiger partial charge in [-0.05, 0) is 42.9 Å². The van der Waals surface area contributed by atoms with Gasteiger partial charge in [0.25, 0.3) is 0 Å². The minimum atomic E-state index is -0.355. The molecule has 2 aromatic rings. The van der Waals surface area contributed by atoms with Crippen molar-refractivity contribution in [3.05, 3.63) is 48.0 Å². The first-order chi connectivity index (χ1) is 13.6. The van der Waals surface area contributed by atoms with E-state index in [-0.39, 0.29) is 30.6 Å². The van der Waals surface area contributed by atoms with Crippen LogP contribution >= 0.6 is 0 Å². The van der Waals surface area contributed by atoms with Crippen LogP contribution in [0.5, 0.6) is 5.75 Å². The summed E-state index contributed by atoms with van der Waals surface area (Å²) >= 11 is 0. The minimum Gasteiger partial charge on any atom is -0.497 e. The monoisotopic (exact) mass is 384 g/mol. The number of aryl methyl sites for hydroxylation is 1. The smallest absolute Gasteiger partial charge is 0.318 e. The van der Waals surface area contributed by atoms with E-state index in [1.54, 1.807) is 13.3 Å². The van der Waals surface area contributed by atoms with E-state index in [1.807, 2.05) is 47.0 Å². The third kappa shape index (κ3) is 3.46. The standard InChI is InChI=1S/C21H28N4O3/c1-24-10-9-22-20(24)19(15-4-6-17(28-2)7-5-15)23-21(27)25-12-14-3-8-18(25)16(11-14)13-26/h4-7,9-10,14,16,18-19,26H,3,8,11-13H2,1-2H3,(H,23,27). The highest BCUT2D eigenvalue weighted by atomic mass is 16.5. The summed E-state index contributed by atoms with van der Waals surface area (Å²) in [4.78, 5) is 19.6. The Labute approximate surface area is 165 Å². The number of aliphatic hydroxyl groups excluding tert-OH is 1. The van der Waals surface area contributed by atoms with Gasteiger partial charge in [-0.3, -0.25) is 0 Å². The molecule has 2 amide bonds. The van der Waals surface area contributed by atoms with Crippen LogP contribution in [0.15, 0.2) is 36.7 Å². The molecule has 2 N–H and O–H groups in total. The fourth-order valence-electron chi connectivity index (χ4n) is 4.72. The fourth-order valence-corrected chi connectivity index (χ4v) is 4.72. The number of hydrogen-bond donors (Lipinski definition) is 2. The normalized spacial score (nSPS) is 24.8. The molecule has 3 aliphatic rings. The van der Waals surface area contributed by atoms with Crippen LogP contribution in [0.1, 0.15) is 36.7 Å². The summed E-state index contributed by atoms with van der Waals surface area (Å²) in [6.45, 7) is 0.912. The van der Waals surface area contributed by atoms with Crippen molar-refractivity contribution in [2.24, 2.45) is 18.9 Å². The number of ether oxygens (including phenoxy) is 1. The van der Waals surface area contributed by atoms with Crippen LogP contribution in [-0.4, -0.2) is 51.9 Å². The Kier molecular flexibility index (Phi) is 5.26. The molecule has 3 fully saturated rings. The Morgan fingerprint density at radius 1 is 1.36 bits per heavy atom. The molecule has 0 spiro atoms. The molecule has 2 saturated heterocycles. The Morgan fingerprint density at radius 2 is 2.14 bits per heavy atom. The van der Waals surface area contributed by atoms with Crippen molar-refractivity contribution in [2.45, 2.75) is 31.3 Å². The van der Waals surface area contributed by atoms with Gasteiger partial charge in [0.15, 0.2) is 0 Å². The highest BCUT2D eigenvalue weighted by Gasteiger charge is 2.43. The van der Waals surface area contributed by atoms with Gasteiger partial charge in [0, 0.05) is 44.6 Å². The van der Waals surface area contributed by atoms with Crippen LogP contribution in [0, 0.1) is 11.8 Å². The number of amides is 2. The molecule has 4 unspecified atom stereocenters. The largest absolute Gasteiger partial charge is 0.497 e. The Bertz CT molecular complexity index is 819. The van der Waals surface area contributed by atoms with Crippen molar-refractivity contribution in [3.63, 3.8) is 0 Å². The lowest BCUT2D eigenvalue weighted by atomic mass is 9.73. The summed E-state index contributed by atoms with van der Waals surface area (Å²) in [6, 6.07) is 7.37. The lowest BCUT2D eigenvalue weighted by Crippen LogP contribution is -2.59. The molecule has 1 aromatic carbocycles. The maximum absolute atomic E-state index is 13.2. The van der Waals surface area contributed by atoms with Crippen LogP contribution < -0.4 is 10.1 Å². The molecular weight excluding hydrogens is 356 g/mol. The van der Waals surface area contributed by atoms with Gasteiger partial charge in [-0.2, -0.15) is 0 Å². The molecule has 1 aliphatic carbocycles. The number of piperidine rings is 2. The van der Waals surface area contributed by atoms with Crippen LogP contribution in [0.4, 0.5) is 4.79 Å².